The maximum atomic E-state index is 11.8. The Bertz CT molecular complexity index is 212. The van der Waals surface area contributed by atoms with E-state index in [2.05, 4.69) is 10.2 Å². The van der Waals surface area contributed by atoms with E-state index in [0.717, 1.165) is 26.2 Å². The summed E-state index contributed by atoms with van der Waals surface area (Å²) in [6, 6.07) is 0. The van der Waals surface area contributed by atoms with Crippen molar-refractivity contribution in [2.45, 2.75) is 26.6 Å². The second-order valence-corrected chi connectivity index (χ2v) is 4.11. The van der Waals surface area contributed by atoms with Crippen LogP contribution in [0.15, 0.2) is 0 Å². The molecule has 0 aromatic heterocycles. The van der Waals surface area contributed by atoms with Gasteiger partial charge in [0.25, 0.3) is 0 Å². The van der Waals surface area contributed by atoms with E-state index in [4.69, 9.17) is 9.47 Å². The molecule has 0 amide bonds. The Balaban J connectivity index is 2.25. The number of ketones is 1. The molecular formula is C12H24N2O3. The summed E-state index contributed by atoms with van der Waals surface area (Å²) in [5.74, 6) is 0.193. The van der Waals surface area contributed by atoms with Crippen molar-refractivity contribution in [3.63, 3.8) is 0 Å². The number of carbonyl (C=O) groups is 1. The van der Waals surface area contributed by atoms with Crippen molar-refractivity contribution in [2.75, 3.05) is 45.9 Å². The van der Waals surface area contributed by atoms with Crippen molar-refractivity contribution in [1.82, 2.24) is 10.2 Å². The predicted molar refractivity (Wildman–Crippen MR) is 66.0 cm³/mol. The van der Waals surface area contributed by atoms with E-state index in [0.29, 0.717) is 26.2 Å². The molecule has 1 N–H and O–H groups in total. The number of carbonyl (C=O) groups excluding carboxylic acids is 1. The van der Waals surface area contributed by atoms with Gasteiger partial charge in [0.2, 0.25) is 0 Å². The zero-order chi connectivity index (χ0) is 12.5. The van der Waals surface area contributed by atoms with Crippen molar-refractivity contribution < 1.29 is 14.3 Å². The fraction of sp³-hybridized carbons (Fsp3) is 0.917. The number of hydrogen-bond donors (Lipinski definition) is 1. The second-order valence-electron chi connectivity index (χ2n) is 4.11. The van der Waals surface area contributed by atoms with Crippen LogP contribution in [0.4, 0.5) is 0 Å². The highest BCUT2D eigenvalue weighted by Gasteiger charge is 2.18. The summed E-state index contributed by atoms with van der Waals surface area (Å²) in [6.45, 7) is 9.30. The molecule has 0 unspecified atom stereocenters. The van der Waals surface area contributed by atoms with E-state index in [9.17, 15) is 4.79 Å². The molecule has 1 aliphatic rings. The Morgan fingerprint density at radius 1 is 1.24 bits per heavy atom. The summed E-state index contributed by atoms with van der Waals surface area (Å²) in [4.78, 5) is 14.0. The van der Waals surface area contributed by atoms with Crippen LogP contribution in [-0.4, -0.2) is 62.9 Å². The van der Waals surface area contributed by atoms with Gasteiger partial charge < -0.3 is 14.8 Å². The Morgan fingerprint density at radius 2 is 1.82 bits per heavy atom. The molecule has 0 bridgehead atoms. The quantitative estimate of drug-likeness (QED) is 0.620. The summed E-state index contributed by atoms with van der Waals surface area (Å²) in [5, 5.41) is 3.27. The minimum Gasteiger partial charge on any atom is -0.352 e. The summed E-state index contributed by atoms with van der Waals surface area (Å²) < 4.78 is 10.7. The smallest absolute Gasteiger partial charge is 0.164 e. The van der Waals surface area contributed by atoms with Gasteiger partial charge in [0.15, 0.2) is 12.1 Å². The Morgan fingerprint density at radius 3 is 2.35 bits per heavy atom. The fourth-order valence-corrected chi connectivity index (χ4v) is 1.91. The molecule has 1 heterocycles. The van der Waals surface area contributed by atoms with Crippen LogP contribution in [0.2, 0.25) is 0 Å². The molecule has 0 aromatic rings. The van der Waals surface area contributed by atoms with Crippen LogP contribution >= 0.6 is 0 Å². The zero-order valence-electron chi connectivity index (χ0n) is 10.9. The number of Topliss-reactive ketones (excluding diaryl/α,β-unsaturated/α-hetero) is 1. The summed E-state index contributed by atoms with van der Waals surface area (Å²) in [6.07, 6.45) is -0.0218. The Hall–Kier alpha value is -0.490. The minimum atomic E-state index is -0.375. The van der Waals surface area contributed by atoms with Gasteiger partial charge in [-0.3, -0.25) is 9.69 Å². The molecular weight excluding hydrogens is 220 g/mol. The number of rotatable bonds is 8. The number of nitrogens with zero attached hydrogens (tertiary/aromatic N) is 1. The molecule has 1 rings (SSSR count). The van der Waals surface area contributed by atoms with E-state index < -0.39 is 0 Å². The van der Waals surface area contributed by atoms with Gasteiger partial charge in [-0.25, -0.2) is 0 Å². The lowest BCUT2D eigenvalue weighted by Crippen LogP contribution is -2.45. The van der Waals surface area contributed by atoms with Gasteiger partial charge in [-0.2, -0.15) is 0 Å². The lowest BCUT2D eigenvalue weighted by Gasteiger charge is -2.27. The van der Waals surface area contributed by atoms with Gasteiger partial charge in [0, 0.05) is 39.4 Å². The number of hydrogen-bond acceptors (Lipinski definition) is 5. The third-order valence-corrected chi connectivity index (χ3v) is 2.71. The molecule has 0 spiro atoms. The maximum absolute atomic E-state index is 11.8. The van der Waals surface area contributed by atoms with Crippen LogP contribution in [0.5, 0.6) is 0 Å². The molecule has 0 aliphatic carbocycles. The monoisotopic (exact) mass is 244 g/mol. The van der Waals surface area contributed by atoms with E-state index >= 15 is 0 Å². The normalized spacial score (nSPS) is 17.6. The third kappa shape index (κ3) is 6.12. The van der Waals surface area contributed by atoms with Crippen molar-refractivity contribution in [2.24, 2.45) is 0 Å². The van der Waals surface area contributed by atoms with E-state index in [1.54, 1.807) is 0 Å². The predicted octanol–water partition coefficient (Wildman–Crippen LogP) is 0.250. The molecule has 1 saturated heterocycles. The molecule has 5 nitrogen and oxygen atoms in total. The standard InChI is InChI=1S/C12H24N2O3/c1-3-16-12(17-4-2)9-11(15)10-14-7-5-13-6-8-14/h12-13H,3-10H2,1-2H3. The first-order chi connectivity index (χ1) is 8.26. The van der Waals surface area contributed by atoms with Crippen molar-refractivity contribution in [1.29, 1.82) is 0 Å². The number of piperazine rings is 1. The average Bonchev–Trinajstić information content (AvgIpc) is 2.30. The minimum absolute atomic E-state index is 0.193. The molecule has 17 heavy (non-hydrogen) atoms. The van der Waals surface area contributed by atoms with Crippen molar-refractivity contribution >= 4 is 5.78 Å². The molecule has 0 saturated carbocycles. The molecule has 1 aliphatic heterocycles. The van der Waals surface area contributed by atoms with E-state index in [-0.39, 0.29) is 12.1 Å². The zero-order valence-corrected chi connectivity index (χ0v) is 10.9. The van der Waals surface area contributed by atoms with Crippen LogP contribution in [-0.2, 0) is 14.3 Å². The fourth-order valence-electron chi connectivity index (χ4n) is 1.91. The Labute approximate surface area is 103 Å². The molecule has 5 heteroatoms. The first kappa shape index (κ1) is 14.6. The summed E-state index contributed by atoms with van der Waals surface area (Å²) in [5.41, 5.74) is 0. The average molecular weight is 244 g/mol. The van der Waals surface area contributed by atoms with Gasteiger partial charge in [-0.05, 0) is 13.8 Å². The van der Waals surface area contributed by atoms with Gasteiger partial charge in [0.1, 0.15) is 0 Å². The van der Waals surface area contributed by atoms with Gasteiger partial charge in [-0.1, -0.05) is 0 Å². The maximum Gasteiger partial charge on any atom is 0.164 e. The van der Waals surface area contributed by atoms with E-state index in [1.165, 1.54) is 0 Å². The van der Waals surface area contributed by atoms with E-state index in [1.807, 2.05) is 13.8 Å². The lowest BCUT2D eigenvalue weighted by molar-refractivity contribution is -0.152. The van der Waals surface area contributed by atoms with Gasteiger partial charge in [0.05, 0.1) is 13.0 Å². The molecule has 0 aromatic carbocycles. The second kappa shape index (κ2) is 8.58. The largest absolute Gasteiger partial charge is 0.352 e. The molecule has 100 valence electrons. The highest BCUT2D eigenvalue weighted by molar-refractivity contribution is 5.80. The first-order valence-corrected chi connectivity index (χ1v) is 6.44. The highest BCUT2D eigenvalue weighted by Crippen LogP contribution is 2.04. The van der Waals surface area contributed by atoms with Crippen molar-refractivity contribution in [3.8, 4) is 0 Å². The first-order valence-electron chi connectivity index (χ1n) is 6.44. The van der Waals surface area contributed by atoms with Gasteiger partial charge >= 0.3 is 0 Å². The van der Waals surface area contributed by atoms with Crippen LogP contribution in [0.25, 0.3) is 0 Å². The van der Waals surface area contributed by atoms with Crippen LogP contribution in [0.3, 0.4) is 0 Å². The van der Waals surface area contributed by atoms with Crippen molar-refractivity contribution in [3.05, 3.63) is 0 Å². The third-order valence-electron chi connectivity index (χ3n) is 2.71. The summed E-state index contributed by atoms with van der Waals surface area (Å²) in [7, 11) is 0. The number of nitrogens with one attached hydrogen (secondary N) is 1. The SMILES string of the molecule is CCOC(CC(=O)CN1CCNCC1)OCC. The molecule has 0 radical (unpaired) electrons. The highest BCUT2D eigenvalue weighted by atomic mass is 16.7. The summed E-state index contributed by atoms with van der Waals surface area (Å²) >= 11 is 0. The molecule has 0 atom stereocenters. The Kier molecular flexibility index (Phi) is 7.35. The van der Waals surface area contributed by atoms with Crippen LogP contribution < -0.4 is 5.32 Å². The molecule has 1 fully saturated rings. The van der Waals surface area contributed by atoms with Gasteiger partial charge in [-0.15, -0.1) is 0 Å². The lowest BCUT2D eigenvalue weighted by atomic mass is 10.2. The number of ether oxygens (including phenoxy) is 2. The van der Waals surface area contributed by atoms with Crippen LogP contribution in [0, 0.1) is 0 Å². The topological polar surface area (TPSA) is 50.8 Å². The van der Waals surface area contributed by atoms with Crippen LogP contribution in [0.1, 0.15) is 20.3 Å².